The molecule has 0 radical (unpaired) electrons. The van der Waals surface area contributed by atoms with Gasteiger partial charge in [0.05, 0.1) is 10.3 Å². The van der Waals surface area contributed by atoms with E-state index in [0.29, 0.717) is 5.39 Å². The molecule has 0 aliphatic carbocycles. The van der Waals surface area contributed by atoms with Gasteiger partial charge >= 0.3 is 0 Å². The zero-order chi connectivity index (χ0) is 15.0. The van der Waals surface area contributed by atoms with Gasteiger partial charge < -0.3 is 10.6 Å². The number of rotatable bonds is 2. The molecule has 110 valence electrons. The van der Waals surface area contributed by atoms with Gasteiger partial charge in [-0.3, -0.25) is 10.1 Å². The standard InChI is InChI=1S/C15H18N4O2/c1-10-9-17-15(18-7-5-11(16)6-8-18)12-3-2-4-13(14(10)12)19(20)21/h2-4,9,11H,5-8,16H2,1H3. The van der Waals surface area contributed by atoms with Gasteiger partial charge in [0.25, 0.3) is 5.69 Å². The summed E-state index contributed by atoms with van der Waals surface area (Å²) >= 11 is 0. The molecule has 0 unspecified atom stereocenters. The Morgan fingerprint density at radius 1 is 1.38 bits per heavy atom. The summed E-state index contributed by atoms with van der Waals surface area (Å²) < 4.78 is 0. The van der Waals surface area contributed by atoms with E-state index in [2.05, 4.69) is 9.88 Å². The number of nitro groups is 1. The molecule has 0 spiro atoms. The summed E-state index contributed by atoms with van der Waals surface area (Å²) in [6, 6.07) is 5.42. The average Bonchev–Trinajstić information content (AvgIpc) is 2.48. The zero-order valence-corrected chi connectivity index (χ0v) is 12.0. The summed E-state index contributed by atoms with van der Waals surface area (Å²) in [5, 5.41) is 12.8. The number of nitrogens with zero attached hydrogens (tertiary/aromatic N) is 3. The first kappa shape index (κ1) is 13.8. The van der Waals surface area contributed by atoms with Crippen LogP contribution in [-0.4, -0.2) is 29.0 Å². The van der Waals surface area contributed by atoms with Crippen LogP contribution in [0.2, 0.25) is 0 Å². The van der Waals surface area contributed by atoms with Crippen molar-refractivity contribution in [3.63, 3.8) is 0 Å². The Kier molecular flexibility index (Phi) is 3.47. The summed E-state index contributed by atoms with van der Waals surface area (Å²) in [5.41, 5.74) is 6.91. The molecule has 0 bridgehead atoms. The molecule has 1 aliphatic rings. The van der Waals surface area contributed by atoms with Gasteiger partial charge in [-0.05, 0) is 25.3 Å². The smallest absolute Gasteiger partial charge is 0.277 e. The molecule has 0 atom stereocenters. The lowest BCUT2D eigenvalue weighted by atomic mass is 10.0. The van der Waals surface area contributed by atoms with Crippen LogP contribution in [-0.2, 0) is 0 Å². The summed E-state index contributed by atoms with van der Waals surface area (Å²) in [6.45, 7) is 3.54. The first-order valence-corrected chi connectivity index (χ1v) is 7.11. The van der Waals surface area contributed by atoms with Crippen LogP contribution in [0.1, 0.15) is 18.4 Å². The maximum absolute atomic E-state index is 11.3. The van der Waals surface area contributed by atoms with Crippen molar-refractivity contribution in [3.05, 3.63) is 40.1 Å². The number of nitrogens with two attached hydrogens (primary N) is 1. The van der Waals surface area contributed by atoms with Crippen LogP contribution in [0, 0.1) is 17.0 Å². The highest BCUT2D eigenvalue weighted by molar-refractivity contribution is 6.00. The summed E-state index contributed by atoms with van der Waals surface area (Å²) in [7, 11) is 0. The first-order valence-electron chi connectivity index (χ1n) is 7.11. The number of aromatic nitrogens is 1. The third-order valence-electron chi connectivity index (χ3n) is 4.09. The molecule has 6 nitrogen and oxygen atoms in total. The summed E-state index contributed by atoms with van der Waals surface area (Å²) in [6.07, 6.45) is 3.57. The second kappa shape index (κ2) is 5.29. The number of aryl methyl sites for hydroxylation is 1. The van der Waals surface area contributed by atoms with Gasteiger partial charge in [0, 0.05) is 36.8 Å². The Morgan fingerprint density at radius 2 is 2.10 bits per heavy atom. The topological polar surface area (TPSA) is 85.3 Å². The summed E-state index contributed by atoms with van der Waals surface area (Å²) in [5.74, 6) is 0.825. The fourth-order valence-electron chi connectivity index (χ4n) is 2.95. The minimum Gasteiger partial charge on any atom is -0.356 e. The SMILES string of the molecule is Cc1cnc(N2CCC(N)CC2)c2cccc([N+](=O)[O-])c12. The number of non-ortho nitro benzene ring substituents is 1. The Morgan fingerprint density at radius 3 is 2.76 bits per heavy atom. The third kappa shape index (κ3) is 2.42. The molecule has 2 N–H and O–H groups in total. The number of hydrogen-bond donors (Lipinski definition) is 1. The Labute approximate surface area is 122 Å². The summed E-state index contributed by atoms with van der Waals surface area (Å²) in [4.78, 5) is 17.6. The van der Waals surface area contributed by atoms with Gasteiger partial charge in [-0.1, -0.05) is 12.1 Å². The predicted molar refractivity (Wildman–Crippen MR) is 82.6 cm³/mol. The quantitative estimate of drug-likeness (QED) is 0.676. The van der Waals surface area contributed by atoms with Crippen LogP contribution in [0.5, 0.6) is 0 Å². The van der Waals surface area contributed by atoms with E-state index in [-0.39, 0.29) is 16.7 Å². The molecule has 0 saturated carbocycles. The molecule has 1 fully saturated rings. The van der Waals surface area contributed by atoms with E-state index in [0.717, 1.165) is 42.7 Å². The van der Waals surface area contributed by atoms with Gasteiger partial charge in [0.2, 0.25) is 0 Å². The Hall–Kier alpha value is -2.21. The van der Waals surface area contributed by atoms with Gasteiger partial charge in [-0.25, -0.2) is 4.98 Å². The first-order chi connectivity index (χ1) is 10.1. The van der Waals surface area contributed by atoms with Crippen molar-refractivity contribution >= 4 is 22.3 Å². The maximum atomic E-state index is 11.3. The van der Waals surface area contributed by atoms with Gasteiger partial charge in [-0.2, -0.15) is 0 Å². The molecule has 1 aromatic carbocycles. The van der Waals surface area contributed by atoms with Crippen molar-refractivity contribution in [2.75, 3.05) is 18.0 Å². The van der Waals surface area contributed by atoms with Crippen LogP contribution in [0.3, 0.4) is 0 Å². The minimum absolute atomic E-state index is 0.141. The molecule has 0 amide bonds. The molecule has 6 heteroatoms. The lowest BCUT2D eigenvalue weighted by Crippen LogP contribution is -2.40. The fourth-order valence-corrected chi connectivity index (χ4v) is 2.95. The van der Waals surface area contributed by atoms with E-state index < -0.39 is 0 Å². The van der Waals surface area contributed by atoms with E-state index in [4.69, 9.17) is 5.73 Å². The molecule has 2 aromatic rings. The van der Waals surface area contributed by atoms with E-state index in [1.54, 1.807) is 18.3 Å². The minimum atomic E-state index is -0.328. The van der Waals surface area contributed by atoms with Crippen molar-refractivity contribution in [2.24, 2.45) is 5.73 Å². The van der Waals surface area contributed by atoms with E-state index in [9.17, 15) is 10.1 Å². The number of hydrogen-bond acceptors (Lipinski definition) is 5. The van der Waals surface area contributed by atoms with Crippen LogP contribution >= 0.6 is 0 Å². The molecule has 2 heterocycles. The van der Waals surface area contributed by atoms with Gasteiger partial charge in [0.15, 0.2) is 0 Å². The molecule has 1 aromatic heterocycles. The van der Waals surface area contributed by atoms with Gasteiger partial charge in [0.1, 0.15) is 5.82 Å². The van der Waals surface area contributed by atoms with E-state index in [1.165, 1.54) is 0 Å². The van der Waals surface area contributed by atoms with Crippen molar-refractivity contribution in [2.45, 2.75) is 25.8 Å². The fraction of sp³-hybridized carbons (Fsp3) is 0.400. The van der Waals surface area contributed by atoms with E-state index >= 15 is 0 Å². The van der Waals surface area contributed by atoms with Gasteiger partial charge in [-0.15, -0.1) is 0 Å². The number of fused-ring (bicyclic) bond motifs is 1. The van der Waals surface area contributed by atoms with Crippen LogP contribution in [0.25, 0.3) is 10.8 Å². The molecule has 1 saturated heterocycles. The number of pyridine rings is 1. The Bertz CT molecular complexity index is 693. The monoisotopic (exact) mass is 286 g/mol. The second-order valence-corrected chi connectivity index (χ2v) is 5.55. The highest BCUT2D eigenvalue weighted by Gasteiger charge is 2.22. The molecular weight excluding hydrogens is 268 g/mol. The van der Waals surface area contributed by atoms with Crippen LogP contribution < -0.4 is 10.6 Å². The highest BCUT2D eigenvalue weighted by Crippen LogP contribution is 2.34. The van der Waals surface area contributed by atoms with Crippen molar-refractivity contribution in [1.29, 1.82) is 0 Å². The average molecular weight is 286 g/mol. The number of benzene rings is 1. The Balaban J connectivity index is 2.14. The molecule has 1 aliphatic heterocycles. The van der Waals surface area contributed by atoms with Crippen LogP contribution in [0.4, 0.5) is 11.5 Å². The lowest BCUT2D eigenvalue weighted by molar-refractivity contribution is -0.383. The number of nitro benzene ring substituents is 1. The van der Waals surface area contributed by atoms with Crippen LogP contribution in [0.15, 0.2) is 24.4 Å². The maximum Gasteiger partial charge on any atom is 0.277 e. The lowest BCUT2D eigenvalue weighted by Gasteiger charge is -2.31. The molecule has 21 heavy (non-hydrogen) atoms. The number of anilines is 1. The largest absolute Gasteiger partial charge is 0.356 e. The normalized spacial score (nSPS) is 16.4. The predicted octanol–water partition coefficient (Wildman–Crippen LogP) is 2.38. The third-order valence-corrected chi connectivity index (χ3v) is 4.09. The molecular formula is C15H18N4O2. The zero-order valence-electron chi connectivity index (χ0n) is 12.0. The van der Waals surface area contributed by atoms with Crippen molar-refractivity contribution in [3.8, 4) is 0 Å². The van der Waals surface area contributed by atoms with Crippen molar-refractivity contribution in [1.82, 2.24) is 4.98 Å². The molecule has 3 rings (SSSR count). The second-order valence-electron chi connectivity index (χ2n) is 5.55. The highest BCUT2D eigenvalue weighted by atomic mass is 16.6. The van der Waals surface area contributed by atoms with E-state index in [1.807, 2.05) is 13.0 Å². The number of piperidine rings is 1. The van der Waals surface area contributed by atoms with Crippen molar-refractivity contribution < 1.29 is 4.92 Å².